The van der Waals surface area contributed by atoms with Gasteiger partial charge in [0.1, 0.15) is 5.52 Å². The number of piperidine rings is 1. The Balaban J connectivity index is 1.40. The molecule has 27 heavy (non-hydrogen) atoms. The van der Waals surface area contributed by atoms with Crippen LogP contribution in [0.25, 0.3) is 11.1 Å². The van der Waals surface area contributed by atoms with E-state index < -0.39 is 5.82 Å². The number of amides is 1. The van der Waals surface area contributed by atoms with Crippen molar-refractivity contribution in [2.24, 2.45) is 0 Å². The second kappa shape index (κ2) is 7.68. The number of carbonyl (C=O) groups excluding carboxylic acids is 1. The molecule has 3 aromatic rings. The fourth-order valence-corrected chi connectivity index (χ4v) is 3.63. The van der Waals surface area contributed by atoms with Gasteiger partial charge in [-0.3, -0.25) is 4.79 Å². The highest BCUT2D eigenvalue weighted by atomic mass is 79.9. The lowest BCUT2D eigenvalue weighted by Crippen LogP contribution is -2.41. The first-order valence-corrected chi connectivity index (χ1v) is 9.60. The molecule has 5 nitrogen and oxygen atoms in total. The molecular formula is C20H18BrFN2O3. The molecule has 1 atom stereocenters. The molecule has 1 aromatic heterocycles. The summed E-state index contributed by atoms with van der Waals surface area (Å²) in [4.78, 5) is 18.8. The number of ether oxygens (including phenoxy) is 1. The molecule has 1 saturated heterocycles. The smallest absolute Gasteiger partial charge is 0.260 e. The largest absolute Gasteiger partial charge is 0.481 e. The number of halogens is 2. The number of oxazole rings is 1. The number of nitrogens with zero attached hydrogens (tertiary/aromatic N) is 2. The van der Waals surface area contributed by atoms with Crippen molar-refractivity contribution in [3.05, 3.63) is 58.6 Å². The number of hydrogen-bond acceptors (Lipinski definition) is 4. The van der Waals surface area contributed by atoms with Crippen molar-refractivity contribution in [1.82, 2.24) is 9.88 Å². The third kappa shape index (κ3) is 3.98. The summed E-state index contributed by atoms with van der Waals surface area (Å²) in [6, 6.07) is 12.1. The standard InChI is InChI=1S/C20H18BrFN2O3/c21-14-7-8-17(15(22)10-14)26-12-19(25)24-9-3-4-13(11-24)20-23-16-5-1-2-6-18(16)27-20/h1-2,5-8,10,13H,3-4,9,11-12H2. The van der Waals surface area contributed by atoms with Gasteiger partial charge < -0.3 is 14.1 Å². The molecule has 7 heteroatoms. The van der Waals surface area contributed by atoms with Crippen molar-refractivity contribution in [3.8, 4) is 5.75 Å². The number of likely N-dealkylation sites (tertiary alicyclic amines) is 1. The van der Waals surface area contributed by atoms with Gasteiger partial charge in [-0.1, -0.05) is 28.1 Å². The molecular weight excluding hydrogens is 415 g/mol. The van der Waals surface area contributed by atoms with E-state index in [0.717, 1.165) is 23.9 Å². The normalized spacial score (nSPS) is 17.3. The predicted octanol–water partition coefficient (Wildman–Crippen LogP) is 4.51. The molecule has 1 aliphatic heterocycles. The summed E-state index contributed by atoms with van der Waals surface area (Å²) in [5.41, 5.74) is 1.58. The van der Waals surface area contributed by atoms with Crippen LogP contribution in [0.3, 0.4) is 0 Å². The minimum absolute atomic E-state index is 0.0551. The maximum atomic E-state index is 13.8. The van der Waals surface area contributed by atoms with E-state index in [1.807, 2.05) is 24.3 Å². The number of para-hydroxylation sites is 2. The number of fused-ring (bicyclic) bond motifs is 1. The van der Waals surface area contributed by atoms with Crippen LogP contribution in [0.5, 0.6) is 5.75 Å². The highest BCUT2D eigenvalue weighted by Crippen LogP contribution is 2.29. The first-order valence-electron chi connectivity index (χ1n) is 8.81. The molecule has 1 aliphatic rings. The number of benzene rings is 2. The van der Waals surface area contributed by atoms with Crippen molar-refractivity contribution >= 4 is 32.9 Å². The molecule has 0 saturated carbocycles. The second-order valence-electron chi connectivity index (χ2n) is 6.56. The molecule has 1 fully saturated rings. The van der Waals surface area contributed by atoms with Gasteiger partial charge in [0.05, 0.1) is 5.92 Å². The van der Waals surface area contributed by atoms with E-state index in [9.17, 15) is 9.18 Å². The Labute approximate surface area is 164 Å². The highest BCUT2D eigenvalue weighted by Gasteiger charge is 2.28. The van der Waals surface area contributed by atoms with E-state index in [1.165, 1.54) is 12.1 Å². The minimum atomic E-state index is -0.500. The van der Waals surface area contributed by atoms with Crippen molar-refractivity contribution in [2.75, 3.05) is 19.7 Å². The Morgan fingerprint density at radius 2 is 2.19 bits per heavy atom. The number of carbonyl (C=O) groups is 1. The molecule has 0 spiro atoms. The SMILES string of the molecule is O=C(COc1ccc(Br)cc1F)N1CCCC(c2nc3ccccc3o2)C1. The fourth-order valence-electron chi connectivity index (χ4n) is 3.29. The minimum Gasteiger partial charge on any atom is -0.481 e. The summed E-state index contributed by atoms with van der Waals surface area (Å²) in [6.07, 6.45) is 1.78. The summed E-state index contributed by atoms with van der Waals surface area (Å²) in [5, 5.41) is 0. The summed E-state index contributed by atoms with van der Waals surface area (Å²) in [7, 11) is 0. The molecule has 0 aliphatic carbocycles. The van der Waals surface area contributed by atoms with Crippen LogP contribution in [0.1, 0.15) is 24.7 Å². The van der Waals surface area contributed by atoms with E-state index in [0.29, 0.717) is 23.5 Å². The zero-order chi connectivity index (χ0) is 18.8. The average Bonchev–Trinajstić information content (AvgIpc) is 3.11. The molecule has 0 radical (unpaired) electrons. The zero-order valence-electron chi connectivity index (χ0n) is 14.5. The van der Waals surface area contributed by atoms with Gasteiger partial charge in [0.15, 0.2) is 29.6 Å². The Kier molecular flexibility index (Phi) is 5.11. The van der Waals surface area contributed by atoms with E-state index in [1.54, 1.807) is 11.0 Å². The van der Waals surface area contributed by atoms with Crippen molar-refractivity contribution in [2.45, 2.75) is 18.8 Å². The van der Waals surface area contributed by atoms with Crippen LogP contribution in [0, 0.1) is 5.82 Å². The van der Waals surface area contributed by atoms with Gasteiger partial charge in [0.2, 0.25) is 0 Å². The van der Waals surface area contributed by atoms with Crippen LogP contribution in [-0.4, -0.2) is 35.5 Å². The molecule has 0 bridgehead atoms. The molecule has 2 heterocycles. The van der Waals surface area contributed by atoms with Gasteiger partial charge in [-0.05, 0) is 43.2 Å². The lowest BCUT2D eigenvalue weighted by atomic mass is 9.98. The Hall–Kier alpha value is -2.41. The number of rotatable bonds is 4. The van der Waals surface area contributed by atoms with Crippen molar-refractivity contribution in [1.29, 1.82) is 0 Å². The predicted molar refractivity (Wildman–Crippen MR) is 102 cm³/mol. The number of hydrogen-bond donors (Lipinski definition) is 0. The monoisotopic (exact) mass is 432 g/mol. The topological polar surface area (TPSA) is 55.6 Å². The van der Waals surface area contributed by atoms with Crippen molar-refractivity contribution < 1.29 is 18.3 Å². The van der Waals surface area contributed by atoms with Crippen LogP contribution in [0.4, 0.5) is 4.39 Å². The molecule has 1 unspecified atom stereocenters. The Morgan fingerprint density at radius 3 is 3.00 bits per heavy atom. The lowest BCUT2D eigenvalue weighted by Gasteiger charge is -2.31. The van der Waals surface area contributed by atoms with E-state index in [4.69, 9.17) is 9.15 Å². The summed E-state index contributed by atoms with van der Waals surface area (Å²) in [5.74, 6) is 0.116. The first kappa shape index (κ1) is 18.0. The maximum absolute atomic E-state index is 13.8. The molecule has 2 aromatic carbocycles. The number of aromatic nitrogens is 1. The van der Waals surface area contributed by atoms with Crippen LogP contribution in [0.15, 0.2) is 51.4 Å². The zero-order valence-corrected chi connectivity index (χ0v) is 16.1. The van der Waals surface area contributed by atoms with Gasteiger partial charge >= 0.3 is 0 Å². The van der Waals surface area contributed by atoms with Crippen LogP contribution in [-0.2, 0) is 4.79 Å². The van der Waals surface area contributed by atoms with Gasteiger partial charge in [0, 0.05) is 17.6 Å². The lowest BCUT2D eigenvalue weighted by molar-refractivity contribution is -0.134. The van der Waals surface area contributed by atoms with Gasteiger partial charge in [-0.25, -0.2) is 9.37 Å². The van der Waals surface area contributed by atoms with E-state index in [-0.39, 0.29) is 24.2 Å². The summed E-state index contributed by atoms with van der Waals surface area (Å²) in [6.45, 7) is 0.985. The van der Waals surface area contributed by atoms with Gasteiger partial charge in [-0.15, -0.1) is 0 Å². The Bertz CT molecular complexity index is 942. The first-order chi connectivity index (χ1) is 13.1. The Morgan fingerprint density at radius 1 is 1.33 bits per heavy atom. The van der Waals surface area contributed by atoms with E-state index >= 15 is 0 Å². The third-order valence-corrected chi connectivity index (χ3v) is 5.17. The van der Waals surface area contributed by atoms with Gasteiger partial charge in [0.25, 0.3) is 5.91 Å². The van der Waals surface area contributed by atoms with Crippen LogP contribution >= 0.6 is 15.9 Å². The molecule has 1 amide bonds. The highest BCUT2D eigenvalue weighted by molar-refractivity contribution is 9.10. The fraction of sp³-hybridized carbons (Fsp3) is 0.300. The molecule has 4 rings (SSSR count). The maximum Gasteiger partial charge on any atom is 0.260 e. The second-order valence-corrected chi connectivity index (χ2v) is 7.48. The molecule has 0 N–H and O–H groups in total. The quantitative estimate of drug-likeness (QED) is 0.608. The van der Waals surface area contributed by atoms with E-state index in [2.05, 4.69) is 20.9 Å². The van der Waals surface area contributed by atoms with Crippen molar-refractivity contribution in [3.63, 3.8) is 0 Å². The molecule has 140 valence electrons. The van der Waals surface area contributed by atoms with Crippen LogP contribution in [0.2, 0.25) is 0 Å². The van der Waals surface area contributed by atoms with Crippen LogP contribution < -0.4 is 4.74 Å². The summed E-state index contributed by atoms with van der Waals surface area (Å²) < 4.78 is 25.7. The summed E-state index contributed by atoms with van der Waals surface area (Å²) >= 11 is 3.19. The average molecular weight is 433 g/mol. The van der Waals surface area contributed by atoms with Gasteiger partial charge in [-0.2, -0.15) is 0 Å². The third-order valence-electron chi connectivity index (χ3n) is 4.68.